The van der Waals surface area contributed by atoms with Crippen LogP contribution in [-0.4, -0.2) is 34.6 Å². The number of thiophene rings is 1. The molecule has 0 atom stereocenters. The number of rotatable bonds is 9. The number of fused-ring (bicyclic) bond motifs is 1. The molecule has 37 heavy (non-hydrogen) atoms. The quantitative estimate of drug-likeness (QED) is 0.292. The molecule has 0 saturated heterocycles. The average Bonchev–Trinajstić information content (AvgIpc) is 3.58. The van der Waals surface area contributed by atoms with Gasteiger partial charge in [-0.25, -0.2) is 13.4 Å². The van der Waals surface area contributed by atoms with Crippen LogP contribution in [0, 0.1) is 0 Å². The molecule has 0 aliphatic heterocycles. The van der Waals surface area contributed by atoms with E-state index in [1.807, 2.05) is 53.2 Å². The molecule has 5 rings (SSSR count). The molecule has 5 aromatic rings. The highest BCUT2D eigenvalue weighted by molar-refractivity contribution is 7.91. The van der Waals surface area contributed by atoms with E-state index in [1.165, 1.54) is 11.3 Å². The van der Waals surface area contributed by atoms with E-state index in [1.54, 1.807) is 55.3 Å². The predicted octanol–water partition coefficient (Wildman–Crippen LogP) is 4.96. The largest absolute Gasteiger partial charge is 0.347 e. The molecule has 0 unspecified atom stereocenters. The first kappa shape index (κ1) is 24.6. The average molecular weight is 529 g/mol. The number of carbonyl (C=O) groups is 1. The van der Waals surface area contributed by atoms with E-state index in [-0.39, 0.29) is 16.6 Å². The Morgan fingerprint density at radius 1 is 0.973 bits per heavy atom. The van der Waals surface area contributed by atoms with Crippen LogP contribution in [0.1, 0.15) is 26.4 Å². The van der Waals surface area contributed by atoms with Crippen molar-refractivity contribution in [2.75, 3.05) is 5.75 Å². The lowest BCUT2D eigenvalue weighted by atomic mass is 10.1. The number of sulfone groups is 1. The SMILES string of the molecule is O=C(NCc1ccc(S(=O)(=O)CC=Cc2ccc(Cn3ccnc3)cc2)cc1)c1cc2ccncc2s1. The van der Waals surface area contributed by atoms with Gasteiger partial charge in [-0.2, -0.15) is 0 Å². The molecule has 0 fully saturated rings. The van der Waals surface area contributed by atoms with Crippen LogP contribution in [0.15, 0.2) is 103 Å². The third-order valence-corrected chi connectivity index (χ3v) is 8.52. The van der Waals surface area contributed by atoms with Gasteiger partial charge in [0.25, 0.3) is 5.91 Å². The van der Waals surface area contributed by atoms with Crippen molar-refractivity contribution in [2.45, 2.75) is 18.0 Å². The minimum Gasteiger partial charge on any atom is -0.347 e. The zero-order chi connectivity index (χ0) is 25.7. The fourth-order valence-corrected chi connectivity index (χ4v) is 5.85. The van der Waals surface area contributed by atoms with E-state index in [0.717, 1.165) is 33.3 Å². The molecule has 9 heteroatoms. The molecule has 0 spiro atoms. The lowest BCUT2D eigenvalue weighted by Gasteiger charge is -2.06. The van der Waals surface area contributed by atoms with Gasteiger partial charge in [-0.05, 0) is 46.3 Å². The second-order valence-electron chi connectivity index (χ2n) is 8.51. The van der Waals surface area contributed by atoms with E-state index in [2.05, 4.69) is 15.3 Å². The minimum absolute atomic E-state index is 0.0966. The summed E-state index contributed by atoms with van der Waals surface area (Å²) < 4.78 is 28.5. The second-order valence-corrected chi connectivity index (χ2v) is 11.6. The zero-order valence-corrected chi connectivity index (χ0v) is 21.5. The second kappa shape index (κ2) is 10.9. The summed E-state index contributed by atoms with van der Waals surface area (Å²) >= 11 is 1.39. The molecule has 0 aliphatic carbocycles. The third kappa shape index (κ3) is 6.19. The fourth-order valence-electron chi connectivity index (χ4n) is 3.81. The normalized spacial score (nSPS) is 11.8. The third-order valence-electron chi connectivity index (χ3n) is 5.81. The summed E-state index contributed by atoms with van der Waals surface area (Å²) in [6.45, 7) is 1.04. The molecule has 1 N–H and O–H groups in total. The molecule has 3 heterocycles. The highest BCUT2D eigenvalue weighted by Gasteiger charge is 2.13. The van der Waals surface area contributed by atoms with Crippen LogP contribution >= 0.6 is 11.3 Å². The maximum atomic E-state index is 12.8. The first-order valence-electron chi connectivity index (χ1n) is 11.6. The smallest absolute Gasteiger partial charge is 0.261 e. The van der Waals surface area contributed by atoms with Crippen molar-refractivity contribution in [3.63, 3.8) is 0 Å². The highest BCUT2D eigenvalue weighted by atomic mass is 32.2. The molecular formula is C28H24N4O3S2. The Hall–Kier alpha value is -4.08. The molecular weight excluding hydrogens is 504 g/mol. The van der Waals surface area contributed by atoms with Gasteiger partial charge >= 0.3 is 0 Å². The fraction of sp³-hybridized carbons (Fsp3) is 0.107. The van der Waals surface area contributed by atoms with Crippen molar-refractivity contribution >= 4 is 43.2 Å². The Morgan fingerprint density at radius 2 is 1.76 bits per heavy atom. The van der Waals surface area contributed by atoms with Crippen molar-refractivity contribution in [3.8, 4) is 0 Å². The lowest BCUT2D eigenvalue weighted by molar-refractivity contribution is 0.0955. The van der Waals surface area contributed by atoms with Crippen LogP contribution in [0.5, 0.6) is 0 Å². The summed E-state index contributed by atoms with van der Waals surface area (Å²) in [6, 6.07) is 18.3. The molecule has 0 aliphatic rings. The number of imidazole rings is 1. The predicted molar refractivity (Wildman–Crippen MR) is 146 cm³/mol. The maximum Gasteiger partial charge on any atom is 0.261 e. The molecule has 186 valence electrons. The van der Waals surface area contributed by atoms with E-state index in [0.29, 0.717) is 11.4 Å². The van der Waals surface area contributed by atoms with Crippen molar-refractivity contribution in [1.82, 2.24) is 19.9 Å². The maximum absolute atomic E-state index is 12.8. The van der Waals surface area contributed by atoms with Crippen LogP contribution in [0.25, 0.3) is 16.2 Å². The zero-order valence-electron chi connectivity index (χ0n) is 19.8. The summed E-state index contributed by atoms with van der Waals surface area (Å²) in [5.41, 5.74) is 2.90. The number of aromatic nitrogens is 3. The van der Waals surface area contributed by atoms with Gasteiger partial charge in [0, 0.05) is 37.9 Å². The molecule has 0 bridgehead atoms. The van der Waals surface area contributed by atoms with Crippen LogP contribution in [0.2, 0.25) is 0 Å². The van der Waals surface area contributed by atoms with Gasteiger partial charge in [0.15, 0.2) is 9.84 Å². The van der Waals surface area contributed by atoms with Gasteiger partial charge < -0.3 is 9.88 Å². The van der Waals surface area contributed by atoms with Gasteiger partial charge in [-0.3, -0.25) is 9.78 Å². The molecule has 1 amide bonds. The lowest BCUT2D eigenvalue weighted by Crippen LogP contribution is -2.21. The standard InChI is InChI=1S/C28H24N4O3S2/c33-28(26-16-24-11-12-29-18-27(24)36-26)31-17-22-7-9-25(10-8-22)37(34,35)15-1-2-21-3-5-23(6-4-21)19-32-14-13-30-20-32/h1-14,16,18,20H,15,17,19H2,(H,31,33). The monoisotopic (exact) mass is 528 g/mol. The number of nitrogens with zero attached hydrogens (tertiary/aromatic N) is 3. The van der Waals surface area contributed by atoms with Gasteiger partial charge in [0.2, 0.25) is 0 Å². The number of benzene rings is 2. The van der Waals surface area contributed by atoms with Crippen molar-refractivity contribution in [2.24, 2.45) is 0 Å². The number of nitrogens with one attached hydrogen (secondary N) is 1. The summed E-state index contributed by atoms with van der Waals surface area (Å²) in [7, 11) is -3.47. The summed E-state index contributed by atoms with van der Waals surface area (Å²) in [6.07, 6.45) is 12.3. The summed E-state index contributed by atoms with van der Waals surface area (Å²) in [5.74, 6) is -0.265. The first-order chi connectivity index (χ1) is 18.0. The Balaban J connectivity index is 1.14. The van der Waals surface area contributed by atoms with Crippen molar-refractivity contribution < 1.29 is 13.2 Å². The molecule has 7 nitrogen and oxygen atoms in total. The Morgan fingerprint density at radius 3 is 2.49 bits per heavy atom. The van der Waals surface area contributed by atoms with Crippen LogP contribution in [0.3, 0.4) is 0 Å². The summed E-state index contributed by atoms with van der Waals surface area (Å²) in [4.78, 5) is 21.5. The Labute approximate surface area is 219 Å². The molecule has 3 aromatic heterocycles. The van der Waals surface area contributed by atoms with Crippen molar-refractivity contribution in [3.05, 3.63) is 119 Å². The van der Waals surface area contributed by atoms with Gasteiger partial charge in [0.05, 0.1) is 26.6 Å². The van der Waals surface area contributed by atoms with E-state index in [9.17, 15) is 13.2 Å². The van der Waals surface area contributed by atoms with Gasteiger partial charge in [-0.15, -0.1) is 11.3 Å². The van der Waals surface area contributed by atoms with E-state index in [4.69, 9.17) is 0 Å². The van der Waals surface area contributed by atoms with Crippen LogP contribution < -0.4 is 5.32 Å². The summed E-state index contributed by atoms with van der Waals surface area (Å²) in [5, 5.41) is 3.87. The molecule has 2 aromatic carbocycles. The number of hydrogen-bond acceptors (Lipinski definition) is 6. The topological polar surface area (TPSA) is 94.0 Å². The number of hydrogen-bond donors (Lipinski definition) is 1. The van der Waals surface area contributed by atoms with E-state index >= 15 is 0 Å². The molecule has 0 radical (unpaired) electrons. The van der Waals surface area contributed by atoms with Gasteiger partial charge in [0.1, 0.15) is 0 Å². The number of pyridine rings is 1. The van der Waals surface area contributed by atoms with Crippen LogP contribution in [0.4, 0.5) is 0 Å². The minimum atomic E-state index is -3.47. The Bertz CT molecular complexity index is 1610. The van der Waals surface area contributed by atoms with Crippen molar-refractivity contribution in [1.29, 1.82) is 0 Å². The number of amides is 1. The first-order valence-corrected chi connectivity index (χ1v) is 14.1. The molecule has 0 saturated carbocycles. The van der Waals surface area contributed by atoms with Crippen LogP contribution in [-0.2, 0) is 22.9 Å². The number of carbonyl (C=O) groups excluding carboxylic acids is 1. The highest BCUT2D eigenvalue weighted by Crippen LogP contribution is 2.24. The Kier molecular flexibility index (Phi) is 7.25. The van der Waals surface area contributed by atoms with E-state index < -0.39 is 9.84 Å². The van der Waals surface area contributed by atoms with Gasteiger partial charge in [-0.1, -0.05) is 48.6 Å².